The second kappa shape index (κ2) is 8.59. The molecule has 0 aliphatic heterocycles. The molecule has 0 spiro atoms. The molecule has 6 nitrogen and oxygen atoms in total. The van der Waals surface area contributed by atoms with Crippen molar-refractivity contribution < 1.29 is 9.32 Å². The molecule has 1 N–H and O–H groups in total. The molecule has 4 rings (SSSR count). The molecule has 0 fully saturated rings. The van der Waals surface area contributed by atoms with Crippen molar-refractivity contribution in [3.8, 4) is 10.6 Å². The number of benzene rings is 1. The molecule has 3 heterocycles. The monoisotopic (exact) mass is 422 g/mol. The predicted octanol–water partition coefficient (Wildman–Crippen LogP) is 5.35. The number of aromatic nitrogens is 3. The van der Waals surface area contributed by atoms with E-state index in [2.05, 4.69) is 20.4 Å². The number of pyridine rings is 1. The summed E-state index contributed by atoms with van der Waals surface area (Å²) in [4.78, 5) is 21.5. The van der Waals surface area contributed by atoms with Crippen LogP contribution in [0.5, 0.6) is 0 Å². The summed E-state index contributed by atoms with van der Waals surface area (Å²) in [7, 11) is 0. The van der Waals surface area contributed by atoms with Crippen LogP contribution in [-0.2, 0) is 5.75 Å². The maximum absolute atomic E-state index is 12.8. The third kappa shape index (κ3) is 4.38. The zero-order valence-corrected chi connectivity index (χ0v) is 17.5. The van der Waals surface area contributed by atoms with Gasteiger partial charge in [-0.3, -0.25) is 4.79 Å². The third-order valence-corrected chi connectivity index (χ3v) is 6.23. The summed E-state index contributed by atoms with van der Waals surface area (Å²) in [6, 6.07) is 11.2. The van der Waals surface area contributed by atoms with Crippen LogP contribution in [0.1, 0.15) is 27.4 Å². The Morgan fingerprint density at radius 3 is 2.66 bits per heavy atom. The Labute approximate surface area is 176 Å². The van der Waals surface area contributed by atoms with Crippen LogP contribution in [-0.4, -0.2) is 21.0 Å². The number of hydrogen-bond donors (Lipinski definition) is 1. The Morgan fingerprint density at radius 2 is 1.97 bits per heavy atom. The molecule has 0 aliphatic rings. The number of carbonyl (C=O) groups is 1. The quantitative estimate of drug-likeness (QED) is 0.422. The van der Waals surface area contributed by atoms with E-state index in [-0.39, 0.29) is 5.91 Å². The van der Waals surface area contributed by atoms with Gasteiger partial charge in [0.25, 0.3) is 5.91 Å². The Kier molecular flexibility index (Phi) is 5.73. The molecule has 8 heteroatoms. The van der Waals surface area contributed by atoms with Gasteiger partial charge in [-0.25, -0.2) is 9.97 Å². The van der Waals surface area contributed by atoms with Crippen LogP contribution in [0.3, 0.4) is 0 Å². The molecule has 1 amide bonds. The van der Waals surface area contributed by atoms with Crippen LogP contribution in [0.4, 0.5) is 5.69 Å². The number of amides is 1. The van der Waals surface area contributed by atoms with E-state index in [1.54, 1.807) is 35.9 Å². The van der Waals surface area contributed by atoms with Gasteiger partial charge in [0.05, 0.1) is 11.3 Å². The zero-order chi connectivity index (χ0) is 20.2. The minimum atomic E-state index is -0.193. The van der Waals surface area contributed by atoms with Crippen molar-refractivity contribution in [2.45, 2.75) is 24.6 Å². The highest BCUT2D eigenvalue weighted by molar-refractivity contribution is 7.98. The number of hydrogen-bond acceptors (Lipinski definition) is 7. The second-order valence-corrected chi connectivity index (χ2v) is 8.17. The molecule has 29 heavy (non-hydrogen) atoms. The molecule has 0 unspecified atom stereocenters. The van der Waals surface area contributed by atoms with Gasteiger partial charge in [-0.1, -0.05) is 5.16 Å². The fourth-order valence-corrected chi connectivity index (χ4v) is 4.58. The lowest BCUT2D eigenvalue weighted by atomic mass is 10.2. The van der Waals surface area contributed by atoms with E-state index in [0.717, 1.165) is 33.3 Å². The molecule has 1 aromatic carbocycles. The van der Waals surface area contributed by atoms with Gasteiger partial charge >= 0.3 is 0 Å². The lowest BCUT2D eigenvalue weighted by Crippen LogP contribution is -2.13. The van der Waals surface area contributed by atoms with E-state index in [9.17, 15) is 4.79 Å². The highest BCUT2D eigenvalue weighted by atomic mass is 32.2. The molecule has 0 saturated heterocycles. The number of anilines is 1. The second-order valence-electron chi connectivity index (χ2n) is 6.32. The lowest BCUT2D eigenvalue weighted by molar-refractivity contribution is 0.102. The minimum absolute atomic E-state index is 0.193. The molecule has 0 aliphatic carbocycles. The summed E-state index contributed by atoms with van der Waals surface area (Å²) in [5.41, 5.74) is 4.17. The lowest BCUT2D eigenvalue weighted by Gasteiger charge is -2.09. The molecule has 0 bridgehead atoms. The van der Waals surface area contributed by atoms with Crippen LogP contribution in [0.15, 0.2) is 63.7 Å². The van der Waals surface area contributed by atoms with E-state index in [4.69, 9.17) is 4.52 Å². The Morgan fingerprint density at radius 1 is 1.14 bits per heavy atom. The van der Waals surface area contributed by atoms with Gasteiger partial charge in [-0.15, -0.1) is 23.1 Å². The zero-order valence-electron chi connectivity index (χ0n) is 15.9. The molecule has 4 aromatic rings. The van der Waals surface area contributed by atoms with Crippen LogP contribution < -0.4 is 5.32 Å². The van der Waals surface area contributed by atoms with Gasteiger partial charge in [0, 0.05) is 40.3 Å². The van der Waals surface area contributed by atoms with E-state index >= 15 is 0 Å². The standard InChI is InChI=1S/C21H18N4O2S2/c1-13-18(14(2)27-25-13)12-29-21-17(4-3-9-22-21)19(26)24-16-7-5-15(6-8-16)20-23-10-11-28-20/h3-11H,12H2,1-2H3,(H,24,26). The average molecular weight is 423 g/mol. The largest absolute Gasteiger partial charge is 0.361 e. The van der Waals surface area contributed by atoms with Crippen LogP contribution >= 0.6 is 23.1 Å². The van der Waals surface area contributed by atoms with Crippen molar-refractivity contribution in [1.82, 2.24) is 15.1 Å². The topological polar surface area (TPSA) is 80.9 Å². The summed E-state index contributed by atoms with van der Waals surface area (Å²) in [6.07, 6.45) is 3.47. The number of carbonyl (C=O) groups excluding carboxylic acids is 1. The maximum Gasteiger partial charge on any atom is 0.258 e. The first-order valence-electron chi connectivity index (χ1n) is 8.92. The number of thioether (sulfide) groups is 1. The number of rotatable bonds is 6. The number of nitrogens with one attached hydrogen (secondary N) is 1. The predicted molar refractivity (Wildman–Crippen MR) is 115 cm³/mol. The van der Waals surface area contributed by atoms with Crippen molar-refractivity contribution in [2.24, 2.45) is 0 Å². The Bertz CT molecular complexity index is 1100. The molecule has 3 aromatic heterocycles. The van der Waals surface area contributed by atoms with E-state index < -0.39 is 0 Å². The maximum atomic E-state index is 12.8. The van der Waals surface area contributed by atoms with Crippen LogP contribution in [0, 0.1) is 13.8 Å². The first-order valence-corrected chi connectivity index (χ1v) is 10.8. The normalized spacial score (nSPS) is 10.8. The van der Waals surface area contributed by atoms with Gasteiger partial charge < -0.3 is 9.84 Å². The Balaban J connectivity index is 1.47. The summed E-state index contributed by atoms with van der Waals surface area (Å²) in [5, 5.41) is 10.5. The van der Waals surface area contributed by atoms with Gasteiger partial charge in [-0.2, -0.15) is 0 Å². The molecular formula is C21H18N4O2S2. The van der Waals surface area contributed by atoms with E-state index in [1.807, 2.05) is 43.5 Å². The minimum Gasteiger partial charge on any atom is -0.361 e. The summed E-state index contributed by atoms with van der Waals surface area (Å²) < 4.78 is 5.21. The highest BCUT2D eigenvalue weighted by Crippen LogP contribution is 2.28. The van der Waals surface area contributed by atoms with Gasteiger partial charge in [-0.05, 0) is 50.2 Å². The number of nitrogens with zero attached hydrogens (tertiary/aromatic N) is 3. The van der Waals surface area contributed by atoms with Gasteiger partial charge in [0.1, 0.15) is 15.8 Å². The van der Waals surface area contributed by atoms with Crippen molar-refractivity contribution in [3.63, 3.8) is 0 Å². The third-order valence-electron chi connectivity index (χ3n) is 4.37. The average Bonchev–Trinajstić information content (AvgIpc) is 3.38. The number of thiazole rings is 1. The van der Waals surface area contributed by atoms with Crippen molar-refractivity contribution in [1.29, 1.82) is 0 Å². The SMILES string of the molecule is Cc1noc(C)c1CSc1ncccc1C(=O)Nc1ccc(-c2nccs2)cc1. The summed E-state index contributed by atoms with van der Waals surface area (Å²) in [5.74, 6) is 1.24. The highest BCUT2D eigenvalue weighted by Gasteiger charge is 2.16. The summed E-state index contributed by atoms with van der Waals surface area (Å²) in [6.45, 7) is 3.80. The van der Waals surface area contributed by atoms with Gasteiger partial charge in [0.2, 0.25) is 0 Å². The molecular weight excluding hydrogens is 404 g/mol. The van der Waals surface area contributed by atoms with Crippen LogP contribution in [0.2, 0.25) is 0 Å². The molecule has 0 saturated carbocycles. The first kappa shape index (κ1) is 19.4. The molecule has 146 valence electrons. The van der Waals surface area contributed by atoms with Crippen LogP contribution in [0.25, 0.3) is 10.6 Å². The van der Waals surface area contributed by atoms with E-state index in [1.165, 1.54) is 11.8 Å². The first-order chi connectivity index (χ1) is 14.1. The fourth-order valence-electron chi connectivity index (χ4n) is 2.79. The van der Waals surface area contributed by atoms with E-state index in [0.29, 0.717) is 16.3 Å². The number of aryl methyl sites for hydroxylation is 2. The molecule has 0 atom stereocenters. The smallest absolute Gasteiger partial charge is 0.258 e. The fraction of sp³-hybridized carbons (Fsp3) is 0.143. The Hall–Kier alpha value is -2.97. The summed E-state index contributed by atoms with van der Waals surface area (Å²) >= 11 is 3.07. The van der Waals surface area contributed by atoms with Crippen molar-refractivity contribution in [3.05, 3.63) is 76.8 Å². The van der Waals surface area contributed by atoms with Gasteiger partial charge in [0.15, 0.2) is 0 Å². The van der Waals surface area contributed by atoms with Crippen molar-refractivity contribution in [2.75, 3.05) is 5.32 Å². The molecule has 0 radical (unpaired) electrons. The van der Waals surface area contributed by atoms with Crippen molar-refractivity contribution >= 4 is 34.7 Å².